The molecule has 30 heavy (non-hydrogen) atoms. The van der Waals surface area contributed by atoms with E-state index in [0.29, 0.717) is 37.0 Å². The van der Waals surface area contributed by atoms with Gasteiger partial charge in [-0.1, -0.05) is 0 Å². The van der Waals surface area contributed by atoms with Crippen LogP contribution in [-0.2, 0) is 11.3 Å². The Kier molecular flexibility index (Phi) is 6.20. The highest BCUT2D eigenvalue weighted by Crippen LogP contribution is 2.23. The van der Waals surface area contributed by atoms with Crippen molar-refractivity contribution in [2.45, 2.75) is 13.5 Å². The first-order chi connectivity index (χ1) is 14.7. The van der Waals surface area contributed by atoms with Gasteiger partial charge < -0.3 is 24.3 Å². The molecule has 1 saturated heterocycles. The van der Waals surface area contributed by atoms with Gasteiger partial charge in [-0.25, -0.2) is 9.97 Å². The zero-order chi connectivity index (χ0) is 20.9. The van der Waals surface area contributed by atoms with Crippen LogP contribution in [0.2, 0.25) is 0 Å². The summed E-state index contributed by atoms with van der Waals surface area (Å²) in [7, 11) is 1.58. The summed E-state index contributed by atoms with van der Waals surface area (Å²) in [5.41, 5.74) is 2.88. The van der Waals surface area contributed by atoms with Gasteiger partial charge in [0.05, 0.1) is 31.1 Å². The Hall–Kier alpha value is -3.04. The van der Waals surface area contributed by atoms with Crippen LogP contribution in [0.3, 0.4) is 0 Å². The Morgan fingerprint density at radius 3 is 2.70 bits per heavy atom. The van der Waals surface area contributed by atoms with Crippen LogP contribution in [0.5, 0.6) is 5.88 Å². The van der Waals surface area contributed by atoms with Crippen molar-refractivity contribution in [3.63, 3.8) is 0 Å². The minimum atomic E-state index is -0.103. The third kappa shape index (κ3) is 4.12. The predicted molar refractivity (Wildman–Crippen MR) is 115 cm³/mol. The first-order valence-electron chi connectivity index (χ1n) is 10.2. The van der Waals surface area contributed by atoms with E-state index in [-0.39, 0.29) is 5.56 Å². The molecule has 0 aromatic carbocycles. The van der Waals surface area contributed by atoms with Crippen molar-refractivity contribution in [3.05, 3.63) is 40.9 Å². The molecular formula is C21H26N6O3. The van der Waals surface area contributed by atoms with E-state index in [1.165, 1.54) is 0 Å². The molecule has 1 aliphatic rings. The Morgan fingerprint density at radius 1 is 1.17 bits per heavy atom. The van der Waals surface area contributed by atoms with E-state index in [1.807, 2.05) is 24.0 Å². The first-order valence-corrected chi connectivity index (χ1v) is 10.2. The predicted octanol–water partition coefficient (Wildman–Crippen LogP) is 1.31. The molecule has 1 N–H and O–H groups in total. The van der Waals surface area contributed by atoms with Crippen molar-refractivity contribution >= 4 is 16.9 Å². The summed E-state index contributed by atoms with van der Waals surface area (Å²) in [6.07, 6.45) is 3.43. The van der Waals surface area contributed by atoms with Gasteiger partial charge >= 0.3 is 0 Å². The SMILES string of the molecule is CCOCCn1c(=O)c(N2CCNCC2)nc2cnc(-c3ccc(OC)nc3)cc21. The van der Waals surface area contributed by atoms with E-state index < -0.39 is 0 Å². The smallest absolute Gasteiger partial charge is 0.294 e. The standard InChI is InChI=1S/C21H26N6O3/c1-3-30-11-10-27-18-12-16(15-4-5-19(29-2)24-13-15)23-14-17(18)25-20(21(27)28)26-8-6-22-7-9-26/h4-5,12-14,22H,3,6-11H2,1-2H3. The molecule has 1 aliphatic heterocycles. The van der Waals surface area contributed by atoms with E-state index in [1.54, 1.807) is 30.1 Å². The maximum atomic E-state index is 13.3. The number of nitrogens with zero attached hydrogens (tertiary/aromatic N) is 5. The van der Waals surface area contributed by atoms with Crippen LogP contribution >= 0.6 is 0 Å². The number of pyridine rings is 2. The Balaban J connectivity index is 1.80. The number of fused-ring (bicyclic) bond motifs is 1. The molecule has 0 spiro atoms. The number of hydrogen-bond acceptors (Lipinski definition) is 8. The van der Waals surface area contributed by atoms with E-state index >= 15 is 0 Å². The minimum Gasteiger partial charge on any atom is -0.481 e. The average molecular weight is 410 g/mol. The van der Waals surface area contributed by atoms with Gasteiger partial charge in [0.1, 0.15) is 5.52 Å². The third-order valence-electron chi connectivity index (χ3n) is 5.14. The van der Waals surface area contributed by atoms with Crippen molar-refractivity contribution in [1.82, 2.24) is 24.8 Å². The summed E-state index contributed by atoms with van der Waals surface area (Å²) < 4.78 is 12.4. The molecule has 9 nitrogen and oxygen atoms in total. The molecule has 0 bridgehead atoms. The molecule has 0 unspecified atom stereocenters. The molecular weight excluding hydrogens is 384 g/mol. The lowest BCUT2D eigenvalue weighted by molar-refractivity contribution is 0.139. The molecule has 0 radical (unpaired) electrons. The lowest BCUT2D eigenvalue weighted by atomic mass is 10.2. The van der Waals surface area contributed by atoms with Crippen molar-refractivity contribution in [1.29, 1.82) is 0 Å². The Bertz CT molecular complexity index is 1060. The van der Waals surface area contributed by atoms with Crippen LogP contribution in [-0.4, -0.2) is 66.0 Å². The van der Waals surface area contributed by atoms with E-state index in [4.69, 9.17) is 9.47 Å². The molecule has 9 heteroatoms. The van der Waals surface area contributed by atoms with E-state index in [9.17, 15) is 4.79 Å². The number of hydrogen-bond donors (Lipinski definition) is 1. The van der Waals surface area contributed by atoms with Crippen molar-refractivity contribution in [2.24, 2.45) is 0 Å². The van der Waals surface area contributed by atoms with Gasteiger partial charge in [0.15, 0.2) is 5.82 Å². The van der Waals surface area contributed by atoms with Gasteiger partial charge in [-0.15, -0.1) is 0 Å². The average Bonchev–Trinajstić information content (AvgIpc) is 2.80. The van der Waals surface area contributed by atoms with Crippen molar-refractivity contribution < 1.29 is 9.47 Å². The lowest BCUT2D eigenvalue weighted by Gasteiger charge is -2.28. The minimum absolute atomic E-state index is 0.103. The maximum absolute atomic E-state index is 13.3. The molecule has 4 heterocycles. The zero-order valence-corrected chi connectivity index (χ0v) is 17.3. The number of aromatic nitrogens is 4. The fourth-order valence-electron chi connectivity index (χ4n) is 3.55. The summed E-state index contributed by atoms with van der Waals surface area (Å²) in [6.45, 7) is 6.63. The number of piperazine rings is 1. The van der Waals surface area contributed by atoms with Crippen molar-refractivity contribution in [2.75, 3.05) is 51.4 Å². The quantitative estimate of drug-likeness (QED) is 0.583. The molecule has 3 aromatic heterocycles. The summed E-state index contributed by atoms with van der Waals surface area (Å²) in [5, 5.41) is 3.31. The molecule has 158 valence electrons. The highest BCUT2D eigenvalue weighted by Gasteiger charge is 2.19. The summed E-state index contributed by atoms with van der Waals surface area (Å²) in [5.74, 6) is 1.01. The number of anilines is 1. The Morgan fingerprint density at radius 2 is 2.00 bits per heavy atom. The van der Waals surface area contributed by atoms with Gasteiger partial charge in [0.25, 0.3) is 5.56 Å². The van der Waals surface area contributed by atoms with Crippen LogP contribution in [0.15, 0.2) is 35.4 Å². The molecule has 4 rings (SSSR count). The summed E-state index contributed by atoms with van der Waals surface area (Å²) in [6, 6.07) is 5.57. The summed E-state index contributed by atoms with van der Waals surface area (Å²) in [4.78, 5) is 28.9. The van der Waals surface area contributed by atoms with E-state index in [0.717, 1.165) is 43.0 Å². The third-order valence-corrected chi connectivity index (χ3v) is 5.14. The highest BCUT2D eigenvalue weighted by molar-refractivity contribution is 5.80. The van der Waals surface area contributed by atoms with Crippen LogP contribution in [0.25, 0.3) is 22.3 Å². The van der Waals surface area contributed by atoms with Gasteiger partial charge in [-0.3, -0.25) is 9.78 Å². The second kappa shape index (κ2) is 9.19. The molecule has 0 saturated carbocycles. The lowest BCUT2D eigenvalue weighted by Crippen LogP contribution is -2.46. The number of ether oxygens (including phenoxy) is 2. The summed E-state index contributed by atoms with van der Waals surface area (Å²) >= 11 is 0. The zero-order valence-electron chi connectivity index (χ0n) is 17.3. The van der Waals surface area contributed by atoms with Crippen LogP contribution in [0.1, 0.15) is 6.92 Å². The monoisotopic (exact) mass is 410 g/mol. The van der Waals surface area contributed by atoms with Gasteiger partial charge in [-0.2, -0.15) is 0 Å². The second-order valence-corrected chi connectivity index (χ2v) is 6.97. The molecule has 0 aliphatic carbocycles. The highest BCUT2D eigenvalue weighted by atomic mass is 16.5. The topological polar surface area (TPSA) is 94.4 Å². The molecule has 0 amide bonds. The van der Waals surface area contributed by atoms with Crippen LogP contribution in [0.4, 0.5) is 5.82 Å². The van der Waals surface area contributed by atoms with E-state index in [2.05, 4.69) is 20.3 Å². The molecule has 3 aromatic rings. The Labute approximate surface area is 174 Å². The number of nitrogens with one attached hydrogen (secondary N) is 1. The second-order valence-electron chi connectivity index (χ2n) is 6.97. The van der Waals surface area contributed by atoms with Gasteiger partial charge in [0.2, 0.25) is 5.88 Å². The van der Waals surface area contributed by atoms with Crippen LogP contribution < -0.4 is 20.5 Å². The molecule has 0 atom stereocenters. The molecule has 1 fully saturated rings. The number of methoxy groups -OCH3 is 1. The van der Waals surface area contributed by atoms with Gasteiger partial charge in [-0.05, 0) is 19.1 Å². The first kappa shape index (κ1) is 20.2. The maximum Gasteiger partial charge on any atom is 0.294 e. The fourth-order valence-corrected chi connectivity index (χ4v) is 3.55. The van der Waals surface area contributed by atoms with Crippen LogP contribution in [0, 0.1) is 0 Å². The largest absolute Gasteiger partial charge is 0.481 e. The normalized spacial score (nSPS) is 14.3. The fraction of sp³-hybridized carbons (Fsp3) is 0.429. The van der Waals surface area contributed by atoms with Gasteiger partial charge in [0, 0.05) is 57.2 Å². The number of rotatable bonds is 7. The van der Waals surface area contributed by atoms with Crippen molar-refractivity contribution in [3.8, 4) is 17.1 Å².